The monoisotopic (exact) mass is 470 g/mol. The van der Waals surface area contributed by atoms with Crippen molar-refractivity contribution in [3.05, 3.63) is 46.4 Å². The lowest BCUT2D eigenvalue weighted by atomic mass is 9.85. The van der Waals surface area contributed by atoms with Crippen LogP contribution in [0.4, 0.5) is 5.13 Å². The SMILES string of the molecule is CO/N=C(/C(=O)N[C@@H]1C(=O)N2C(C(=O)[O-])=C([n+]3ccc(C)c(C)c3)CC[C@H]12)c1csc(N)n1. The highest BCUT2D eigenvalue weighted by atomic mass is 32.1. The predicted molar refractivity (Wildman–Crippen MR) is 116 cm³/mol. The Bertz CT molecular complexity index is 1220. The molecule has 0 bridgehead atoms. The zero-order chi connectivity index (χ0) is 23.9. The molecule has 2 amide bonds. The van der Waals surface area contributed by atoms with Gasteiger partial charge in [0.2, 0.25) is 5.70 Å². The Balaban J connectivity index is 1.59. The van der Waals surface area contributed by atoms with E-state index in [1.165, 1.54) is 12.0 Å². The number of fused-ring (bicyclic) bond motifs is 1. The molecule has 4 heterocycles. The first-order valence-corrected chi connectivity index (χ1v) is 11.0. The number of carbonyl (C=O) groups is 3. The lowest BCUT2D eigenvalue weighted by Crippen LogP contribution is -2.73. The topological polar surface area (TPSA) is 154 Å². The fourth-order valence-electron chi connectivity index (χ4n) is 4.03. The fraction of sp³-hybridized carbons (Fsp3) is 0.333. The van der Waals surface area contributed by atoms with Gasteiger partial charge in [-0.3, -0.25) is 14.5 Å². The highest BCUT2D eigenvalue weighted by Gasteiger charge is 2.54. The molecule has 33 heavy (non-hydrogen) atoms. The summed E-state index contributed by atoms with van der Waals surface area (Å²) in [5.74, 6) is -2.66. The van der Waals surface area contributed by atoms with Gasteiger partial charge in [-0.2, -0.15) is 4.57 Å². The van der Waals surface area contributed by atoms with E-state index in [-0.39, 0.29) is 22.2 Å². The van der Waals surface area contributed by atoms with Crippen LogP contribution in [0.15, 0.2) is 34.7 Å². The number of thiazole rings is 1. The van der Waals surface area contributed by atoms with E-state index in [9.17, 15) is 19.5 Å². The van der Waals surface area contributed by atoms with Gasteiger partial charge in [0, 0.05) is 23.4 Å². The molecule has 0 spiro atoms. The van der Waals surface area contributed by atoms with Crippen LogP contribution in [-0.2, 0) is 19.2 Å². The Morgan fingerprint density at radius 1 is 1.39 bits per heavy atom. The quantitative estimate of drug-likeness (QED) is 0.240. The van der Waals surface area contributed by atoms with Crippen molar-refractivity contribution >= 4 is 45.7 Å². The van der Waals surface area contributed by atoms with Crippen molar-refractivity contribution in [2.75, 3.05) is 12.8 Å². The van der Waals surface area contributed by atoms with Crippen molar-refractivity contribution in [3.8, 4) is 0 Å². The number of nitrogens with one attached hydrogen (secondary N) is 1. The molecule has 0 aromatic carbocycles. The Hall–Kier alpha value is -3.80. The van der Waals surface area contributed by atoms with E-state index in [1.54, 1.807) is 16.1 Å². The number of aliphatic carboxylic acids is 1. The van der Waals surface area contributed by atoms with Crippen LogP contribution in [0.3, 0.4) is 0 Å². The second kappa shape index (κ2) is 8.62. The molecule has 2 aromatic heterocycles. The molecular weight excluding hydrogens is 448 g/mol. The number of carboxylic acid groups (broad SMARTS) is 1. The summed E-state index contributed by atoms with van der Waals surface area (Å²) in [7, 11) is 1.28. The molecule has 0 unspecified atom stereocenters. The number of carboxylic acids is 1. The molecule has 1 saturated heterocycles. The average molecular weight is 471 g/mol. The number of hydrogen-bond donors (Lipinski definition) is 2. The molecule has 0 radical (unpaired) electrons. The molecule has 0 saturated carbocycles. The van der Waals surface area contributed by atoms with Gasteiger partial charge in [0.25, 0.3) is 11.8 Å². The number of carbonyl (C=O) groups excluding carboxylic acids is 3. The van der Waals surface area contributed by atoms with E-state index in [1.807, 2.05) is 26.1 Å². The van der Waals surface area contributed by atoms with E-state index in [0.29, 0.717) is 18.5 Å². The number of nitrogens with zero attached hydrogens (tertiary/aromatic N) is 4. The number of aromatic nitrogens is 2. The van der Waals surface area contributed by atoms with E-state index >= 15 is 0 Å². The van der Waals surface area contributed by atoms with Gasteiger partial charge in [0.05, 0.1) is 12.0 Å². The number of aryl methyl sites for hydroxylation is 2. The van der Waals surface area contributed by atoms with Crippen molar-refractivity contribution in [1.29, 1.82) is 0 Å². The van der Waals surface area contributed by atoms with Crippen LogP contribution in [0.5, 0.6) is 0 Å². The molecule has 2 aliphatic heterocycles. The van der Waals surface area contributed by atoms with Crippen molar-refractivity contribution < 1.29 is 28.9 Å². The van der Waals surface area contributed by atoms with Gasteiger partial charge in [0.1, 0.15) is 24.5 Å². The minimum absolute atomic E-state index is 0.130. The number of nitrogen functional groups attached to an aromatic ring is 1. The fourth-order valence-corrected chi connectivity index (χ4v) is 4.58. The number of pyridine rings is 1. The summed E-state index contributed by atoms with van der Waals surface area (Å²) >= 11 is 1.13. The average Bonchev–Trinajstić information content (AvgIpc) is 3.22. The van der Waals surface area contributed by atoms with Crippen molar-refractivity contribution in [2.24, 2.45) is 5.16 Å². The molecule has 12 heteroatoms. The molecule has 2 aliphatic rings. The van der Waals surface area contributed by atoms with Crippen LogP contribution in [0.25, 0.3) is 5.70 Å². The summed E-state index contributed by atoms with van der Waals surface area (Å²) in [6, 6.07) is 0.454. The van der Waals surface area contributed by atoms with Gasteiger partial charge in [-0.15, -0.1) is 11.3 Å². The Kier molecular flexibility index (Phi) is 5.85. The van der Waals surface area contributed by atoms with E-state index < -0.39 is 29.9 Å². The molecular formula is C21H22N6O5S. The predicted octanol–water partition coefficient (Wildman–Crippen LogP) is -0.912. The Labute approximate surface area is 193 Å². The van der Waals surface area contributed by atoms with Gasteiger partial charge >= 0.3 is 0 Å². The van der Waals surface area contributed by atoms with Gasteiger partial charge in [-0.25, -0.2) is 4.98 Å². The maximum absolute atomic E-state index is 12.9. The Morgan fingerprint density at radius 2 is 2.15 bits per heavy atom. The molecule has 2 aromatic rings. The molecule has 3 N–H and O–H groups in total. The summed E-state index contributed by atoms with van der Waals surface area (Å²) < 4.78 is 1.71. The van der Waals surface area contributed by atoms with Crippen LogP contribution < -0.4 is 20.7 Å². The summed E-state index contributed by atoms with van der Waals surface area (Å²) in [5.41, 5.74) is 8.04. The third kappa shape index (κ3) is 3.93. The molecule has 0 aliphatic carbocycles. The number of β-lactam (4-membered cyclic amide) rings is 1. The number of allylic oxidation sites excluding steroid dienone is 1. The van der Waals surface area contributed by atoms with Crippen LogP contribution in [0, 0.1) is 13.8 Å². The highest BCUT2D eigenvalue weighted by Crippen LogP contribution is 2.36. The molecule has 4 rings (SSSR count). The number of hydrogen-bond acceptors (Lipinski definition) is 9. The van der Waals surface area contributed by atoms with E-state index in [2.05, 4.69) is 15.5 Å². The molecule has 2 atom stereocenters. The Morgan fingerprint density at radius 3 is 2.76 bits per heavy atom. The third-order valence-electron chi connectivity index (χ3n) is 5.80. The van der Waals surface area contributed by atoms with Crippen LogP contribution in [-0.4, -0.2) is 52.6 Å². The van der Waals surface area contributed by atoms with Crippen molar-refractivity contribution in [1.82, 2.24) is 15.2 Å². The largest absolute Gasteiger partial charge is 0.543 e. The highest BCUT2D eigenvalue weighted by molar-refractivity contribution is 7.13. The maximum Gasteiger partial charge on any atom is 0.276 e. The first-order valence-electron chi connectivity index (χ1n) is 10.1. The van der Waals surface area contributed by atoms with Gasteiger partial charge in [-0.05, 0) is 25.8 Å². The molecule has 1 fully saturated rings. The number of anilines is 1. The number of nitrogens with two attached hydrogens (primary N) is 1. The minimum atomic E-state index is -1.45. The summed E-state index contributed by atoms with van der Waals surface area (Å²) in [5, 5.41) is 20.2. The number of amides is 2. The van der Waals surface area contributed by atoms with Crippen LogP contribution in [0.1, 0.15) is 29.7 Å². The van der Waals surface area contributed by atoms with Crippen molar-refractivity contribution in [2.45, 2.75) is 38.8 Å². The maximum atomic E-state index is 12.9. The summed E-state index contributed by atoms with van der Waals surface area (Å²) in [4.78, 5) is 47.7. The smallest absolute Gasteiger partial charge is 0.276 e. The zero-order valence-electron chi connectivity index (χ0n) is 18.2. The van der Waals surface area contributed by atoms with Crippen molar-refractivity contribution in [3.63, 3.8) is 0 Å². The van der Waals surface area contributed by atoms with Gasteiger partial charge < -0.3 is 25.8 Å². The van der Waals surface area contributed by atoms with Crippen LogP contribution >= 0.6 is 11.3 Å². The standard InChI is InChI=1S/C21H22N6O5S/c1-10-6-7-26(8-11(10)2)14-5-4-13-16(19(29)27(13)17(14)20(30)31)24-18(28)15(25-32-3)12-9-33-21(22)23-12/h6-9,13,16H,4-5H2,1-3H3,(H3-,22,23,24,28,30,31)/b25-15+/t13-,16+/m1/s1. The molecule has 11 nitrogen and oxygen atoms in total. The third-order valence-corrected chi connectivity index (χ3v) is 6.48. The normalized spacial score (nSPS) is 20.3. The lowest BCUT2D eigenvalue weighted by molar-refractivity contribution is -0.585. The molecule has 172 valence electrons. The lowest BCUT2D eigenvalue weighted by Gasteiger charge is -2.50. The zero-order valence-corrected chi connectivity index (χ0v) is 19.0. The second-order valence-corrected chi connectivity index (χ2v) is 8.65. The minimum Gasteiger partial charge on any atom is -0.543 e. The first-order chi connectivity index (χ1) is 15.7. The summed E-state index contributed by atoms with van der Waals surface area (Å²) in [6.45, 7) is 3.88. The second-order valence-electron chi connectivity index (χ2n) is 7.76. The number of oxime groups is 1. The number of rotatable bonds is 6. The van der Waals surface area contributed by atoms with Crippen LogP contribution in [0.2, 0.25) is 0 Å². The summed E-state index contributed by atoms with van der Waals surface area (Å²) in [6.07, 6.45) is 4.43. The van der Waals surface area contributed by atoms with E-state index in [0.717, 1.165) is 22.5 Å². The van der Waals surface area contributed by atoms with Gasteiger partial charge in [0.15, 0.2) is 23.2 Å². The van der Waals surface area contributed by atoms with Gasteiger partial charge in [-0.1, -0.05) is 5.16 Å². The van der Waals surface area contributed by atoms with E-state index in [4.69, 9.17) is 10.6 Å². The first kappa shape index (κ1) is 22.4.